The molecular formula is C10H14BrNO. The van der Waals surface area contributed by atoms with E-state index in [1.165, 1.54) is 0 Å². The van der Waals surface area contributed by atoms with Gasteiger partial charge in [-0.05, 0) is 26.9 Å². The smallest absolute Gasteiger partial charge is 0.151 e. The Bertz CT molecular complexity index is 304. The highest BCUT2D eigenvalue weighted by Crippen LogP contribution is 2.34. The summed E-state index contributed by atoms with van der Waals surface area (Å²) in [4.78, 5) is 4.13. The minimum absolute atomic E-state index is 0.0837. The first-order valence-electron chi connectivity index (χ1n) is 4.15. The van der Waals surface area contributed by atoms with Crippen molar-refractivity contribution in [3.63, 3.8) is 0 Å². The molecule has 0 aliphatic heterocycles. The second-order valence-electron chi connectivity index (χ2n) is 3.95. The van der Waals surface area contributed by atoms with Gasteiger partial charge in [0.25, 0.3) is 0 Å². The summed E-state index contributed by atoms with van der Waals surface area (Å²) in [6.07, 6.45) is 3.58. The lowest BCUT2D eigenvalue weighted by Crippen LogP contribution is -2.12. The van der Waals surface area contributed by atoms with Gasteiger partial charge in [0.1, 0.15) is 0 Å². The molecule has 13 heavy (non-hydrogen) atoms. The molecular weight excluding hydrogens is 230 g/mol. The number of methoxy groups -OCH3 is 1. The molecule has 72 valence electrons. The predicted molar refractivity (Wildman–Crippen MR) is 57.2 cm³/mol. The van der Waals surface area contributed by atoms with Gasteiger partial charge >= 0.3 is 0 Å². The van der Waals surface area contributed by atoms with Crippen molar-refractivity contribution in [2.75, 3.05) is 7.11 Å². The Morgan fingerprint density at radius 2 is 1.92 bits per heavy atom. The number of pyridine rings is 1. The van der Waals surface area contributed by atoms with Gasteiger partial charge in [0.05, 0.1) is 17.8 Å². The molecule has 2 nitrogen and oxygen atoms in total. The molecule has 0 aliphatic rings. The molecule has 0 aromatic carbocycles. The Balaban J connectivity index is 3.24. The van der Waals surface area contributed by atoms with Crippen LogP contribution in [0.4, 0.5) is 0 Å². The molecule has 0 atom stereocenters. The van der Waals surface area contributed by atoms with Crippen LogP contribution in [0.3, 0.4) is 0 Å². The molecule has 0 radical (unpaired) electrons. The molecule has 0 N–H and O–H groups in total. The molecule has 1 heterocycles. The normalized spacial score (nSPS) is 11.5. The second-order valence-corrected chi connectivity index (χ2v) is 4.75. The van der Waals surface area contributed by atoms with Gasteiger partial charge < -0.3 is 4.74 Å². The highest BCUT2D eigenvalue weighted by atomic mass is 79.9. The molecule has 3 heteroatoms. The molecule has 0 unspecified atom stereocenters. The van der Waals surface area contributed by atoms with Crippen LogP contribution in [0.15, 0.2) is 16.9 Å². The van der Waals surface area contributed by atoms with Gasteiger partial charge in [-0.1, -0.05) is 20.8 Å². The lowest BCUT2D eigenvalue weighted by atomic mass is 9.88. The number of ether oxygens (including phenoxy) is 1. The maximum atomic E-state index is 5.17. The van der Waals surface area contributed by atoms with E-state index in [0.717, 1.165) is 15.8 Å². The van der Waals surface area contributed by atoms with E-state index in [-0.39, 0.29) is 5.41 Å². The van der Waals surface area contributed by atoms with Crippen molar-refractivity contribution in [2.45, 2.75) is 26.2 Å². The number of aromatic nitrogens is 1. The summed E-state index contributed by atoms with van der Waals surface area (Å²) in [6, 6.07) is 0. The highest BCUT2D eigenvalue weighted by molar-refractivity contribution is 9.10. The van der Waals surface area contributed by atoms with Crippen molar-refractivity contribution >= 4 is 15.9 Å². The predicted octanol–water partition coefficient (Wildman–Crippen LogP) is 3.15. The Morgan fingerprint density at radius 1 is 1.31 bits per heavy atom. The van der Waals surface area contributed by atoms with E-state index < -0.39 is 0 Å². The maximum Gasteiger partial charge on any atom is 0.151 e. The fourth-order valence-electron chi connectivity index (χ4n) is 1.09. The molecule has 1 rings (SSSR count). The Kier molecular flexibility index (Phi) is 2.96. The van der Waals surface area contributed by atoms with Gasteiger partial charge in [0, 0.05) is 6.20 Å². The fourth-order valence-corrected chi connectivity index (χ4v) is 2.05. The van der Waals surface area contributed by atoms with Crippen LogP contribution in [-0.2, 0) is 5.41 Å². The quantitative estimate of drug-likeness (QED) is 0.757. The van der Waals surface area contributed by atoms with E-state index in [2.05, 4.69) is 41.7 Å². The van der Waals surface area contributed by atoms with Gasteiger partial charge in [-0.2, -0.15) is 0 Å². The highest BCUT2D eigenvalue weighted by Gasteiger charge is 2.19. The Hall–Kier alpha value is -0.570. The second kappa shape index (κ2) is 3.66. The van der Waals surface area contributed by atoms with Crippen molar-refractivity contribution in [3.05, 3.63) is 22.4 Å². The molecule has 1 aromatic rings. The minimum atomic E-state index is 0.0837. The summed E-state index contributed by atoms with van der Waals surface area (Å²) in [7, 11) is 1.65. The topological polar surface area (TPSA) is 22.1 Å². The van der Waals surface area contributed by atoms with E-state index in [1.807, 2.05) is 6.20 Å². The van der Waals surface area contributed by atoms with Crippen LogP contribution < -0.4 is 4.74 Å². The molecule has 1 aromatic heterocycles. The lowest BCUT2D eigenvalue weighted by Gasteiger charge is -2.21. The average molecular weight is 244 g/mol. The van der Waals surface area contributed by atoms with Gasteiger partial charge in [0.15, 0.2) is 5.75 Å². The number of hydrogen-bond donors (Lipinski definition) is 0. The first-order valence-corrected chi connectivity index (χ1v) is 4.94. The third-order valence-corrected chi connectivity index (χ3v) is 2.69. The first-order chi connectivity index (χ1) is 5.96. The zero-order chi connectivity index (χ0) is 10.1. The standard InChI is InChI=1S/C10H14BrNO/c1-10(2,3)7-5-12-6-8(13-4)9(7)11/h5-6H,1-4H3. The Morgan fingerprint density at radius 3 is 2.38 bits per heavy atom. The summed E-state index contributed by atoms with van der Waals surface area (Å²) in [6.45, 7) is 6.44. The van der Waals surface area contributed by atoms with Crippen LogP contribution in [0.2, 0.25) is 0 Å². The molecule has 0 fully saturated rings. The SMILES string of the molecule is COc1cncc(C(C)(C)C)c1Br. The number of rotatable bonds is 1. The molecule has 0 saturated heterocycles. The number of nitrogens with zero attached hydrogens (tertiary/aromatic N) is 1. The number of halogens is 1. The summed E-state index contributed by atoms with van der Waals surface area (Å²) >= 11 is 3.51. The third-order valence-electron chi connectivity index (χ3n) is 1.88. The monoisotopic (exact) mass is 243 g/mol. The maximum absolute atomic E-state index is 5.17. The van der Waals surface area contributed by atoms with Crippen LogP contribution >= 0.6 is 15.9 Å². The number of hydrogen-bond acceptors (Lipinski definition) is 2. The average Bonchev–Trinajstić information content (AvgIpc) is 2.02. The summed E-state index contributed by atoms with van der Waals surface area (Å²) in [5.74, 6) is 0.785. The Labute approximate surface area is 87.5 Å². The van der Waals surface area contributed by atoms with E-state index >= 15 is 0 Å². The minimum Gasteiger partial charge on any atom is -0.494 e. The fraction of sp³-hybridized carbons (Fsp3) is 0.500. The van der Waals surface area contributed by atoms with E-state index in [4.69, 9.17) is 4.74 Å². The van der Waals surface area contributed by atoms with Gasteiger partial charge in [-0.15, -0.1) is 0 Å². The first kappa shape index (κ1) is 10.5. The van der Waals surface area contributed by atoms with E-state index in [1.54, 1.807) is 13.3 Å². The molecule has 0 aliphatic carbocycles. The summed E-state index contributed by atoms with van der Waals surface area (Å²) in [5, 5.41) is 0. The van der Waals surface area contributed by atoms with Gasteiger partial charge in [-0.3, -0.25) is 4.98 Å². The summed E-state index contributed by atoms with van der Waals surface area (Å²) in [5.41, 5.74) is 1.24. The third kappa shape index (κ3) is 2.21. The van der Waals surface area contributed by atoms with Gasteiger partial charge in [0.2, 0.25) is 0 Å². The van der Waals surface area contributed by atoms with Crippen molar-refractivity contribution in [1.29, 1.82) is 0 Å². The van der Waals surface area contributed by atoms with Gasteiger partial charge in [-0.25, -0.2) is 0 Å². The van der Waals surface area contributed by atoms with Crippen molar-refractivity contribution in [1.82, 2.24) is 4.98 Å². The van der Waals surface area contributed by atoms with Crippen LogP contribution in [0.1, 0.15) is 26.3 Å². The molecule has 0 amide bonds. The summed E-state index contributed by atoms with van der Waals surface area (Å²) < 4.78 is 6.17. The van der Waals surface area contributed by atoms with Crippen LogP contribution in [0, 0.1) is 0 Å². The largest absolute Gasteiger partial charge is 0.494 e. The molecule has 0 bridgehead atoms. The van der Waals surface area contributed by atoms with Crippen molar-refractivity contribution in [2.24, 2.45) is 0 Å². The van der Waals surface area contributed by atoms with E-state index in [9.17, 15) is 0 Å². The molecule has 0 saturated carbocycles. The van der Waals surface area contributed by atoms with Crippen molar-refractivity contribution < 1.29 is 4.74 Å². The zero-order valence-corrected chi connectivity index (χ0v) is 9.97. The van der Waals surface area contributed by atoms with Crippen LogP contribution in [0.5, 0.6) is 5.75 Å². The van der Waals surface area contributed by atoms with Crippen molar-refractivity contribution in [3.8, 4) is 5.75 Å². The zero-order valence-electron chi connectivity index (χ0n) is 8.39. The van der Waals surface area contributed by atoms with Crippen LogP contribution in [0.25, 0.3) is 0 Å². The lowest BCUT2D eigenvalue weighted by molar-refractivity contribution is 0.407. The van der Waals surface area contributed by atoms with Crippen LogP contribution in [-0.4, -0.2) is 12.1 Å². The van der Waals surface area contributed by atoms with E-state index in [0.29, 0.717) is 0 Å². The molecule has 0 spiro atoms.